The van der Waals surface area contributed by atoms with Gasteiger partial charge in [-0.15, -0.1) is 0 Å². The van der Waals surface area contributed by atoms with E-state index < -0.39 is 6.10 Å². The van der Waals surface area contributed by atoms with Gasteiger partial charge in [0.25, 0.3) is 11.5 Å². The Bertz CT molecular complexity index is 1330. The number of aliphatic hydroxyl groups excluding tert-OH is 1. The SMILES string of the molecule is O=C(c1cc(-c2ccccc2)c(=O)n2ccc3ccc(Cl)cc3c12)N1CC(O)C1. The Morgan fingerprint density at radius 1 is 1.03 bits per heavy atom. The van der Waals surface area contributed by atoms with Crippen LogP contribution in [0.2, 0.25) is 5.02 Å². The summed E-state index contributed by atoms with van der Waals surface area (Å²) >= 11 is 6.22. The van der Waals surface area contributed by atoms with Gasteiger partial charge < -0.3 is 10.0 Å². The molecule has 0 aliphatic carbocycles. The summed E-state index contributed by atoms with van der Waals surface area (Å²) in [5.74, 6) is -0.211. The van der Waals surface area contributed by atoms with E-state index in [9.17, 15) is 14.7 Å². The molecule has 1 N–H and O–H groups in total. The maximum absolute atomic E-state index is 13.3. The molecule has 1 amide bonds. The highest BCUT2D eigenvalue weighted by molar-refractivity contribution is 6.31. The highest BCUT2D eigenvalue weighted by atomic mass is 35.5. The maximum atomic E-state index is 13.3. The van der Waals surface area contributed by atoms with E-state index in [0.717, 1.165) is 16.3 Å². The van der Waals surface area contributed by atoms with E-state index in [1.807, 2.05) is 42.5 Å². The van der Waals surface area contributed by atoms with Crippen molar-refractivity contribution in [3.05, 3.63) is 87.8 Å². The van der Waals surface area contributed by atoms with Crippen LogP contribution in [0, 0.1) is 0 Å². The lowest BCUT2D eigenvalue weighted by Gasteiger charge is -2.36. The van der Waals surface area contributed by atoms with E-state index >= 15 is 0 Å². The van der Waals surface area contributed by atoms with Crippen LogP contribution in [0.25, 0.3) is 27.4 Å². The molecule has 4 aromatic rings. The number of nitrogens with zero attached hydrogens (tertiary/aromatic N) is 2. The Labute approximate surface area is 171 Å². The summed E-state index contributed by atoms with van der Waals surface area (Å²) in [6.07, 6.45) is 1.19. The fourth-order valence-corrected chi connectivity index (χ4v) is 4.04. The largest absolute Gasteiger partial charge is 0.389 e. The maximum Gasteiger partial charge on any atom is 0.263 e. The number of hydrogen-bond donors (Lipinski definition) is 1. The fraction of sp³-hybridized carbons (Fsp3) is 0.130. The van der Waals surface area contributed by atoms with Gasteiger partial charge in [0, 0.05) is 35.3 Å². The van der Waals surface area contributed by atoms with E-state index in [1.54, 1.807) is 29.3 Å². The number of aliphatic hydroxyl groups is 1. The first-order chi connectivity index (χ1) is 14.0. The van der Waals surface area contributed by atoms with Crippen molar-refractivity contribution in [2.45, 2.75) is 6.10 Å². The molecule has 144 valence electrons. The number of rotatable bonds is 2. The number of benzene rings is 2. The summed E-state index contributed by atoms with van der Waals surface area (Å²) < 4.78 is 1.52. The van der Waals surface area contributed by atoms with E-state index in [1.165, 1.54) is 4.40 Å². The Morgan fingerprint density at radius 3 is 2.52 bits per heavy atom. The summed E-state index contributed by atoms with van der Waals surface area (Å²) in [6.45, 7) is 0.576. The van der Waals surface area contributed by atoms with Gasteiger partial charge >= 0.3 is 0 Å². The molecule has 5 rings (SSSR count). The number of aromatic nitrogens is 1. The molecule has 0 radical (unpaired) electrons. The van der Waals surface area contributed by atoms with Crippen molar-refractivity contribution in [1.82, 2.24) is 9.30 Å². The lowest BCUT2D eigenvalue weighted by molar-refractivity contribution is 0.00600. The van der Waals surface area contributed by atoms with Crippen molar-refractivity contribution in [2.24, 2.45) is 0 Å². The van der Waals surface area contributed by atoms with Gasteiger partial charge in [-0.1, -0.05) is 48.0 Å². The zero-order valence-corrected chi connectivity index (χ0v) is 16.1. The quantitative estimate of drug-likeness (QED) is 0.519. The first kappa shape index (κ1) is 17.9. The lowest BCUT2D eigenvalue weighted by atomic mass is 9.99. The molecule has 1 aliphatic rings. The van der Waals surface area contributed by atoms with Gasteiger partial charge in [-0.2, -0.15) is 0 Å². The predicted octanol–water partition coefficient (Wildman–Crippen LogP) is 3.59. The second-order valence-corrected chi connectivity index (χ2v) is 7.71. The third-order valence-corrected chi connectivity index (χ3v) is 5.61. The molecule has 2 aromatic heterocycles. The third kappa shape index (κ3) is 2.90. The molecule has 0 saturated carbocycles. The molecule has 0 atom stereocenters. The van der Waals surface area contributed by atoms with Gasteiger partial charge in [-0.3, -0.25) is 14.0 Å². The number of likely N-dealkylation sites (tertiary alicyclic amines) is 1. The molecule has 3 heterocycles. The number of carbonyl (C=O) groups is 1. The van der Waals surface area contributed by atoms with Crippen LogP contribution < -0.4 is 5.56 Å². The third-order valence-electron chi connectivity index (χ3n) is 5.37. The van der Waals surface area contributed by atoms with Gasteiger partial charge in [-0.25, -0.2) is 0 Å². The topological polar surface area (TPSA) is 62.0 Å². The minimum atomic E-state index is -0.503. The number of fused-ring (bicyclic) bond motifs is 3. The zero-order valence-electron chi connectivity index (χ0n) is 15.4. The Balaban J connectivity index is 1.87. The summed E-state index contributed by atoms with van der Waals surface area (Å²) in [7, 11) is 0. The summed E-state index contributed by atoms with van der Waals surface area (Å²) in [5, 5.41) is 11.8. The lowest BCUT2D eigenvalue weighted by Crippen LogP contribution is -2.53. The molecule has 5 nitrogen and oxygen atoms in total. The summed E-state index contributed by atoms with van der Waals surface area (Å²) in [4.78, 5) is 28.2. The Kier molecular flexibility index (Phi) is 4.15. The van der Waals surface area contributed by atoms with E-state index in [0.29, 0.717) is 21.7 Å². The molecule has 29 heavy (non-hydrogen) atoms. The van der Waals surface area contributed by atoms with Crippen LogP contribution in [0.1, 0.15) is 10.4 Å². The van der Waals surface area contributed by atoms with Crippen LogP contribution in [-0.2, 0) is 0 Å². The minimum Gasteiger partial charge on any atom is -0.389 e. The monoisotopic (exact) mass is 404 g/mol. The highest BCUT2D eigenvalue weighted by Gasteiger charge is 2.31. The molecule has 0 bridgehead atoms. The van der Waals surface area contributed by atoms with E-state index in [4.69, 9.17) is 11.6 Å². The van der Waals surface area contributed by atoms with Gasteiger partial charge in [0.2, 0.25) is 0 Å². The minimum absolute atomic E-state index is 0.201. The molecule has 6 heteroatoms. The van der Waals surface area contributed by atoms with Crippen molar-refractivity contribution in [2.75, 3.05) is 13.1 Å². The smallest absolute Gasteiger partial charge is 0.263 e. The number of halogens is 1. The Morgan fingerprint density at radius 2 is 1.79 bits per heavy atom. The number of hydrogen-bond acceptors (Lipinski definition) is 3. The normalized spacial score (nSPS) is 14.3. The fourth-order valence-electron chi connectivity index (χ4n) is 3.87. The van der Waals surface area contributed by atoms with Gasteiger partial charge in [0.05, 0.1) is 17.2 Å². The molecular formula is C23H17ClN2O3. The van der Waals surface area contributed by atoms with Crippen LogP contribution in [-0.4, -0.2) is 39.5 Å². The summed E-state index contributed by atoms with van der Waals surface area (Å²) in [5.41, 5.74) is 1.95. The van der Waals surface area contributed by atoms with Crippen molar-refractivity contribution < 1.29 is 9.90 Å². The average Bonchev–Trinajstić information content (AvgIpc) is 2.71. The van der Waals surface area contributed by atoms with Crippen molar-refractivity contribution in [3.8, 4) is 11.1 Å². The first-order valence-electron chi connectivity index (χ1n) is 9.33. The highest BCUT2D eigenvalue weighted by Crippen LogP contribution is 2.29. The van der Waals surface area contributed by atoms with Crippen molar-refractivity contribution >= 4 is 33.8 Å². The van der Waals surface area contributed by atoms with Crippen LogP contribution in [0.5, 0.6) is 0 Å². The second-order valence-electron chi connectivity index (χ2n) is 7.27. The summed E-state index contributed by atoms with van der Waals surface area (Å²) in [6, 6.07) is 18.2. The molecule has 1 aliphatic heterocycles. The average molecular weight is 405 g/mol. The zero-order chi connectivity index (χ0) is 20.1. The van der Waals surface area contributed by atoms with Crippen LogP contribution >= 0.6 is 11.6 Å². The standard InChI is InChI=1S/C23H17ClN2O3/c24-16-7-6-15-8-9-26-21(18(15)10-16)20(22(28)25-12-17(27)13-25)11-19(23(26)29)14-4-2-1-3-5-14/h1-11,17,27H,12-13H2. The predicted molar refractivity (Wildman–Crippen MR) is 114 cm³/mol. The molecular weight excluding hydrogens is 388 g/mol. The Hall–Kier alpha value is -3.15. The second kappa shape index (κ2) is 6.72. The van der Waals surface area contributed by atoms with Gasteiger partial charge in [0.15, 0.2) is 0 Å². The molecule has 2 aromatic carbocycles. The van der Waals surface area contributed by atoms with Gasteiger partial charge in [-0.05, 0) is 35.2 Å². The molecule has 0 unspecified atom stereocenters. The van der Waals surface area contributed by atoms with E-state index in [2.05, 4.69) is 0 Å². The molecule has 0 spiro atoms. The first-order valence-corrected chi connectivity index (χ1v) is 9.71. The van der Waals surface area contributed by atoms with Crippen molar-refractivity contribution in [1.29, 1.82) is 0 Å². The van der Waals surface area contributed by atoms with Crippen molar-refractivity contribution in [3.63, 3.8) is 0 Å². The van der Waals surface area contributed by atoms with Crippen LogP contribution in [0.4, 0.5) is 0 Å². The molecule has 1 saturated heterocycles. The number of amides is 1. The van der Waals surface area contributed by atoms with Gasteiger partial charge in [0.1, 0.15) is 0 Å². The number of pyridine rings is 2. The molecule has 1 fully saturated rings. The number of β-amino-alcohol motifs (C(OH)–C–C–N with tert-alkyl or cyclic N) is 1. The number of carbonyl (C=O) groups excluding carboxylic acids is 1. The van der Waals surface area contributed by atoms with Crippen LogP contribution in [0.3, 0.4) is 0 Å². The van der Waals surface area contributed by atoms with E-state index in [-0.39, 0.29) is 24.6 Å². The van der Waals surface area contributed by atoms with Crippen LogP contribution in [0.15, 0.2) is 71.7 Å².